The van der Waals surface area contributed by atoms with E-state index >= 15 is 0 Å². The van der Waals surface area contributed by atoms with E-state index in [0.717, 1.165) is 22.0 Å². The molecule has 0 aliphatic heterocycles. The molecular weight excluding hydrogens is 378 g/mol. The molecule has 0 heterocycles. The lowest BCUT2D eigenvalue weighted by Gasteiger charge is -2.06. The van der Waals surface area contributed by atoms with E-state index in [1.807, 2.05) is 0 Å². The van der Waals surface area contributed by atoms with E-state index in [1.54, 1.807) is 0 Å². The molecule has 0 aromatic heterocycles. The third-order valence-corrected chi connectivity index (χ3v) is 5.40. The van der Waals surface area contributed by atoms with E-state index in [9.17, 15) is 0 Å². The van der Waals surface area contributed by atoms with E-state index in [0.29, 0.717) is 0 Å². The van der Waals surface area contributed by atoms with Crippen LogP contribution in [-0.4, -0.2) is 6.54 Å². The lowest BCUT2D eigenvalue weighted by molar-refractivity contribution is 0.555. The first-order chi connectivity index (χ1) is 9.74. The van der Waals surface area contributed by atoms with Crippen LogP contribution in [0.4, 0.5) is 0 Å². The Balaban J connectivity index is 1.95. The van der Waals surface area contributed by atoms with Crippen molar-refractivity contribution in [3.63, 3.8) is 0 Å². The van der Waals surface area contributed by atoms with Crippen LogP contribution in [-0.2, 0) is 6.54 Å². The number of unbranched alkanes of at least 4 members (excludes halogenated alkanes) is 7. The van der Waals surface area contributed by atoms with Crippen molar-refractivity contribution in [1.82, 2.24) is 5.32 Å². The molecule has 0 fully saturated rings. The van der Waals surface area contributed by atoms with Gasteiger partial charge >= 0.3 is 0 Å². The summed E-state index contributed by atoms with van der Waals surface area (Å²) in [6.45, 7) is 4.36. The topological polar surface area (TPSA) is 12.0 Å². The minimum absolute atomic E-state index is 0.961. The zero-order chi connectivity index (χ0) is 14.6. The molecule has 0 saturated heterocycles. The summed E-state index contributed by atoms with van der Waals surface area (Å²) in [5.74, 6) is 0. The Morgan fingerprint density at radius 3 is 2.15 bits per heavy atom. The summed E-state index contributed by atoms with van der Waals surface area (Å²) in [5, 5.41) is 3.52. The van der Waals surface area contributed by atoms with Gasteiger partial charge in [-0.15, -0.1) is 0 Å². The Morgan fingerprint density at radius 1 is 0.850 bits per heavy atom. The first-order valence-electron chi connectivity index (χ1n) is 7.88. The van der Waals surface area contributed by atoms with Crippen molar-refractivity contribution >= 4 is 31.9 Å². The molecule has 0 radical (unpaired) electrons. The Morgan fingerprint density at radius 2 is 1.50 bits per heavy atom. The zero-order valence-electron chi connectivity index (χ0n) is 12.6. The average molecular weight is 405 g/mol. The third-order valence-electron chi connectivity index (χ3n) is 3.52. The molecule has 0 atom stereocenters. The number of rotatable bonds is 11. The van der Waals surface area contributed by atoms with Gasteiger partial charge in [-0.3, -0.25) is 0 Å². The van der Waals surface area contributed by atoms with E-state index in [1.165, 1.54) is 56.9 Å². The van der Waals surface area contributed by atoms with Gasteiger partial charge in [0.1, 0.15) is 0 Å². The predicted octanol–water partition coefficient (Wildman–Crippen LogP) is 6.44. The van der Waals surface area contributed by atoms with E-state index in [-0.39, 0.29) is 0 Å². The summed E-state index contributed by atoms with van der Waals surface area (Å²) in [4.78, 5) is 0. The Kier molecular flexibility index (Phi) is 10.7. The molecule has 0 saturated carbocycles. The molecule has 1 nitrogen and oxygen atoms in total. The summed E-state index contributed by atoms with van der Waals surface area (Å²) in [7, 11) is 0. The van der Waals surface area contributed by atoms with Crippen LogP contribution in [0.1, 0.15) is 63.9 Å². The Bertz CT molecular complexity index is 366. The zero-order valence-corrected chi connectivity index (χ0v) is 15.7. The average Bonchev–Trinajstić information content (AvgIpc) is 2.45. The molecule has 1 rings (SSSR count). The highest BCUT2D eigenvalue weighted by Crippen LogP contribution is 2.23. The van der Waals surface area contributed by atoms with Crippen molar-refractivity contribution in [1.29, 1.82) is 0 Å². The highest BCUT2D eigenvalue weighted by molar-refractivity contribution is 9.13. The van der Waals surface area contributed by atoms with Crippen molar-refractivity contribution in [3.8, 4) is 0 Å². The quantitative estimate of drug-likeness (QED) is 0.418. The van der Waals surface area contributed by atoms with Crippen molar-refractivity contribution in [2.75, 3.05) is 6.54 Å². The summed E-state index contributed by atoms with van der Waals surface area (Å²) >= 11 is 7.04. The predicted molar refractivity (Wildman–Crippen MR) is 96.2 cm³/mol. The molecular formula is C17H27Br2N. The fourth-order valence-electron chi connectivity index (χ4n) is 2.27. The van der Waals surface area contributed by atoms with Gasteiger partial charge in [0.2, 0.25) is 0 Å². The van der Waals surface area contributed by atoms with Crippen LogP contribution in [0.15, 0.2) is 27.1 Å². The third kappa shape index (κ3) is 8.43. The molecule has 0 spiro atoms. The molecule has 20 heavy (non-hydrogen) atoms. The van der Waals surface area contributed by atoms with Crippen LogP contribution in [0.5, 0.6) is 0 Å². The fourth-order valence-corrected chi connectivity index (χ4v) is 2.94. The van der Waals surface area contributed by atoms with Crippen molar-refractivity contribution in [2.45, 2.75) is 64.8 Å². The van der Waals surface area contributed by atoms with E-state index < -0.39 is 0 Å². The van der Waals surface area contributed by atoms with Crippen molar-refractivity contribution < 1.29 is 0 Å². The van der Waals surface area contributed by atoms with Crippen molar-refractivity contribution in [3.05, 3.63) is 32.7 Å². The molecule has 0 aliphatic carbocycles. The smallest absolute Gasteiger partial charge is 0.0320 e. The molecule has 0 aliphatic rings. The maximum Gasteiger partial charge on any atom is 0.0320 e. The van der Waals surface area contributed by atoms with Gasteiger partial charge in [0.05, 0.1) is 0 Å². The summed E-state index contributed by atoms with van der Waals surface area (Å²) < 4.78 is 2.24. The normalized spacial score (nSPS) is 10.9. The maximum atomic E-state index is 3.54. The monoisotopic (exact) mass is 403 g/mol. The van der Waals surface area contributed by atoms with E-state index in [2.05, 4.69) is 62.3 Å². The highest BCUT2D eigenvalue weighted by atomic mass is 79.9. The number of halogens is 2. The second kappa shape index (κ2) is 11.8. The van der Waals surface area contributed by atoms with Gasteiger partial charge in [0, 0.05) is 15.5 Å². The molecule has 0 unspecified atom stereocenters. The molecule has 0 bridgehead atoms. The molecule has 3 heteroatoms. The number of hydrogen-bond acceptors (Lipinski definition) is 1. The van der Waals surface area contributed by atoms with Gasteiger partial charge in [-0.1, -0.05) is 57.9 Å². The summed E-state index contributed by atoms with van der Waals surface area (Å²) in [6, 6.07) is 6.43. The second-order valence-corrected chi connectivity index (χ2v) is 7.11. The number of hydrogen-bond donors (Lipinski definition) is 1. The minimum atomic E-state index is 0.961. The molecule has 1 aromatic carbocycles. The van der Waals surface area contributed by atoms with Crippen LogP contribution in [0.2, 0.25) is 0 Å². The van der Waals surface area contributed by atoms with Crippen LogP contribution < -0.4 is 5.32 Å². The lowest BCUT2D eigenvalue weighted by atomic mass is 10.1. The van der Waals surface area contributed by atoms with Gasteiger partial charge in [0.15, 0.2) is 0 Å². The standard InChI is InChI=1S/C17H27Br2N/c1-2-3-4-5-6-7-8-9-12-20-14-15-10-11-16(18)17(19)13-15/h10-11,13,20H,2-9,12,14H2,1H3. The van der Waals surface area contributed by atoms with Crippen LogP contribution >= 0.6 is 31.9 Å². The number of nitrogens with one attached hydrogen (secondary N) is 1. The molecule has 114 valence electrons. The maximum absolute atomic E-state index is 3.54. The molecule has 1 N–H and O–H groups in total. The van der Waals surface area contributed by atoms with Crippen LogP contribution in [0, 0.1) is 0 Å². The molecule has 1 aromatic rings. The Hall–Kier alpha value is 0.140. The molecule has 0 amide bonds. The largest absolute Gasteiger partial charge is 0.313 e. The fraction of sp³-hybridized carbons (Fsp3) is 0.647. The lowest BCUT2D eigenvalue weighted by Crippen LogP contribution is -2.14. The SMILES string of the molecule is CCCCCCCCCCNCc1ccc(Br)c(Br)c1. The van der Waals surface area contributed by atoms with E-state index in [4.69, 9.17) is 0 Å². The Labute approximate surface area is 141 Å². The first kappa shape index (κ1) is 18.2. The van der Waals surface area contributed by atoms with Gasteiger partial charge in [0.25, 0.3) is 0 Å². The summed E-state index contributed by atoms with van der Waals surface area (Å²) in [6.07, 6.45) is 11.1. The van der Waals surface area contributed by atoms with Crippen molar-refractivity contribution in [2.24, 2.45) is 0 Å². The highest BCUT2D eigenvalue weighted by Gasteiger charge is 1.98. The van der Waals surface area contributed by atoms with Gasteiger partial charge < -0.3 is 5.32 Å². The van der Waals surface area contributed by atoms with Gasteiger partial charge in [-0.05, 0) is 62.5 Å². The van der Waals surface area contributed by atoms with Crippen LogP contribution in [0.25, 0.3) is 0 Å². The first-order valence-corrected chi connectivity index (χ1v) is 9.47. The van der Waals surface area contributed by atoms with Gasteiger partial charge in [-0.2, -0.15) is 0 Å². The summed E-state index contributed by atoms with van der Waals surface area (Å²) in [5.41, 5.74) is 1.33. The minimum Gasteiger partial charge on any atom is -0.313 e. The second-order valence-electron chi connectivity index (χ2n) is 5.40. The van der Waals surface area contributed by atoms with Crippen LogP contribution in [0.3, 0.4) is 0 Å². The van der Waals surface area contributed by atoms with Gasteiger partial charge in [-0.25, -0.2) is 0 Å². The number of benzene rings is 1.